The second kappa shape index (κ2) is 11.1. The first-order chi connectivity index (χ1) is 17.5. The molecular weight excluding hydrogens is 476 g/mol. The highest BCUT2D eigenvalue weighted by Gasteiger charge is 2.31. The Bertz CT molecular complexity index is 1100. The van der Waals surface area contributed by atoms with Gasteiger partial charge < -0.3 is 20.5 Å². The summed E-state index contributed by atoms with van der Waals surface area (Å²) in [5, 5.41) is 10.1. The number of fused-ring (bicyclic) bond motifs is 1. The molecule has 3 aliphatic rings. The van der Waals surface area contributed by atoms with Crippen molar-refractivity contribution in [3.63, 3.8) is 0 Å². The predicted octanol–water partition coefficient (Wildman–Crippen LogP) is 5.27. The van der Waals surface area contributed by atoms with Crippen molar-refractivity contribution >= 4 is 35.1 Å². The lowest BCUT2D eigenvalue weighted by Crippen LogP contribution is -2.32. The number of benzene rings is 1. The van der Waals surface area contributed by atoms with E-state index in [1.807, 2.05) is 12.1 Å². The first-order valence-corrected chi connectivity index (χ1v) is 14.0. The number of nitrogens with zero attached hydrogens (tertiary/aromatic N) is 3. The molecule has 2 aromatic rings. The molecule has 0 atom stereocenters. The molecule has 36 heavy (non-hydrogen) atoms. The number of aromatic nitrogens is 2. The Morgan fingerprint density at radius 2 is 1.78 bits per heavy atom. The number of carbonyl (C=O) groups is 2. The van der Waals surface area contributed by atoms with E-state index < -0.39 is 5.97 Å². The Morgan fingerprint density at radius 3 is 2.47 bits per heavy atom. The van der Waals surface area contributed by atoms with E-state index in [0.29, 0.717) is 29.5 Å². The fraction of sp³-hybridized carbons (Fsp3) is 0.556. The maximum absolute atomic E-state index is 13.5. The van der Waals surface area contributed by atoms with Crippen LogP contribution in [-0.2, 0) is 4.79 Å². The number of carboxylic acids is 1. The third-order valence-corrected chi connectivity index (χ3v) is 8.90. The van der Waals surface area contributed by atoms with Crippen molar-refractivity contribution in [1.82, 2.24) is 9.97 Å². The van der Waals surface area contributed by atoms with Crippen LogP contribution in [0.4, 0.5) is 11.5 Å². The highest BCUT2D eigenvalue weighted by Crippen LogP contribution is 2.38. The Hall–Kier alpha value is -2.81. The molecular formula is C27H34N4O4S. The Morgan fingerprint density at radius 1 is 1.06 bits per heavy atom. The molecule has 1 amide bonds. The van der Waals surface area contributed by atoms with Crippen molar-refractivity contribution in [1.29, 1.82) is 0 Å². The predicted molar refractivity (Wildman–Crippen MR) is 140 cm³/mol. The summed E-state index contributed by atoms with van der Waals surface area (Å²) in [7, 11) is 0. The molecule has 9 heteroatoms. The van der Waals surface area contributed by atoms with Crippen LogP contribution in [0.15, 0.2) is 29.4 Å². The highest BCUT2D eigenvalue weighted by atomic mass is 32.2. The first-order valence-electron chi connectivity index (χ1n) is 13.1. The van der Waals surface area contributed by atoms with Crippen LogP contribution < -0.4 is 15.4 Å². The number of rotatable bonds is 6. The van der Waals surface area contributed by atoms with Gasteiger partial charge in [-0.1, -0.05) is 43.2 Å². The first kappa shape index (κ1) is 24.9. The summed E-state index contributed by atoms with van der Waals surface area (Å²) in [5.41, 5.74) is 8.55. The normalized spacial score (nSPS) is 23.0. The summed E-state index contributed by atoms with van der Waals surface area (Å²) in [6.07, 6.45) is 10.2. The van der Waals surface area contributed by atoms with Gasteiger partial charge in [0.05, 0.1) is 6.54 Å². The summed E-state index contributed by atoms with van der Waals surface area (Å²) in [4.78, 5) is 35.2. The zero-order chi connectivity index (χ0) is 25.1. The standard InChI is InChI=1S/C27H34N4O4S/c28-24-23-25(30-27(29-24)36-21-4-2-1-3-5-21)35-15-14-31(26(23)34)20-12-10-19(11-13-20)18-8-6-17(7-9-18)16-22(32)33/h10-13,17-18,21H,1-9,14-16H2,(H,32,33)(H2,28,29,30)/t17-,18-. The maximum Gasteiger partial charge on any atom is 0.303 e. The van der Waals surface area contributed by atoms with Gasteiger partial charge in [-0.25, -0.2) is 4.98 Å². The van der Waals surface area contributed by atoms with Crippen molar-refractivity contribution in [3.8, 4) is 5.88 Å². The van der Waals surface area contributed by atoms with Crippen LogP contribution in [0.1, 0.15) is 86.0 Å². The molecule has 0 bridgehead atoms. The van der Waals surface area contributed by atoms with Gasteiger partial charge in [-0.2, -0.15) is 4.98 Å². The highest BCUT2D eigenvalue weighted by molar-refractivity contribution is 7.99. The molecule has 3 N–H and O–H groups in total. The molecule has 8 nitrogen and oxygen atoms in total. The number of ether oxygens (including phenoxy) is 1. The minimum absolute atomic E-state index is 0.171. The largest absolute Gasteiger partial charge is 0.481 e. The van der Waals surface area contributed by atoms with Gasteiger partial charge in [0.25, 0.3) is 5.91 Å². The van der Waals surface area contributed by atoms with Gasteiger partial charge in [0.15, 0.2) is 5.16 Å². The van der Waals surface area contributed by atoms with Gasteiger partial charge in [0, 0.05) is 17.4 Å². The molecule has 0 radical (unpaired) electrons. The van der Waals surface area contributed by atoms with E-state index in [4.69, 9.17) is 15.6 Å². The van der Waals surface area contributed by atoms with Crippen molar-refractivity contribution in [2.24, 2.45) is 5.92 Å². The molecule has 1 aliphatic heterocycles. The van der Waals surface area contributed by atoms with Crippen LogP contribution in [-0.4, -0.2) is 45.4 Å². The van der Waals surface area contributed by atoms with Crippen molar-refractivity contribution in [2.75, 3.05) is 23.8 Å². The Kier molecular flexibility index (Phi) is 7.65. The lowest BCUT2D eigenvalue weighted by atomic mass is 9.77. The number of anilines is 2. The zero-order valence-corrected chi connectivity index (χ0v) is 21.3. The molecule has 1 aromatic heterocycles. The number of carbonyl (C=O) groups excluding carboxylic acids is 1. The Balaban J connectivity index is 1.28. The van der Waals surface area contributed by atoms with E-state index in [1.54, 1.807) is 16.7 Å². The monoisotopic (exact) mass is 510 g/mol. The van der Waals surface area contributed by atoms with Crippen molar-refractivity contribution in [3.05, 3.63) is 35.4 Å². The summed E-state index contributed by atoms with van der Waals surface area (Å²) in [6.45, 7) is 0.734. The summed E-state index contributed by atoms with van der Waals surface area (Å²) in [6, 6.07) is 8.13. The topological polar surface area (TPSA) is 119 Å². The van der Waals surface area contributed by atoms with E-state index in [0.717, 1.165) is 44.2 Å². The van der Waals surface area contributed by atoms with Crippen LogP contribution >= 0.6 is 11.8 Å². The van der Waals surface area contributed by atoms with Crippen molar-refractivity contribution in [2.45, 2.75) is 80.5 Å². The van der Waals surface area contributed by atoms with Crippen LogP contribution in [0.3, 0.4) is 0 Å². The number of carboxylic acid groups (broad SMARTS) is 1. The minimum atomic E-state index is -0.708. The average Bonchev–Trinajstić information content (AvgIpc) is 3.04. The molecule has 0 saturated heterocycles. The number of hydrogen-bond donors (Lipinski definition) is 2. The zero-order valence-electron chi connectivity index (χ0n) is 20.5. The molecule has 2 saturated carbocycles. The smallest absolute Gasteiger partial charge is 0.303 e. The van der Waals surface area contributed by atoms with E-state index in [2.05, 4.69) is 22.1 Å². The van der Waals surface area contributed by atoms with Crippen LogP contribution in [0.5, 0.6) is 5.88 Å². The second-order valence-electron chi connectivity index (χ2n) is 10.2. The molecule has 0 unspecified atom stereocenters. The quantitative estimate of drug-likeness (QED) is 0.505. The lowest BCUT2D eigenvalue weighted by molar-refractivity contribution is -0.138. The lowest BCUT2D eigenvalue weighted by Gasteiger charge is -2.28. The van der Waals surface area contributed by atoms with Gasteiger partial charge in [-0.05, 0) is 68.1 Å². The van der Waals surface area contributed by atoms with Crippen LogP contribution in [0.25, 0.3) is 0 Å². The number of amides is 1. The molecule has 5 rings (SSSR count). The number of nitrogens with two attached hydrogens (primary N) is 1. The van der Waals surface area contributed by atoms with Gasteiger partial charge in [0.1, 0.15) is 18.0 Å². The van der Waals surface area contributed by atoms with Gasteiger partial charge in [0.2, 0.25) is 5.88 Å². The summed E-state index contributed by atoms with van der Waals surface area (Å²) in [5.74, 6) is 0.212. The van der Waals surface area contributed by atoms with E-state index >= 15 is 0 Å². The molecule has 2 heterocycles. The van der Waals surface area contributed by atoms with Gasteiger partial charge in [-0.3, -0.25) is 9.59 Å². The number of hydrogen-bond acceptors (Lipinski definition) is 7. The molecule has 192 valence electrons. The summed E-state index contributed by atoms with van der Waals surface area (Å²) >= 11 is 1.64. The fourth-order valence-electron chi connectivity index (χ4n) is 5.72. The summed E-state index contributed by atoms with van der Waals surface area (Å²) < 4.78 is 5.89. The van der Waals surface area contributed by atoms with E-state index in [-0.39, 0.29) is 35.5 Å². The second-order valence-corrected chi connectivity index (χ2v) is 11.4. The van der Waals surface area contributed by atoms with Crippen LogP contribution in [0, 0.1) is 5.92 Å². The van der Waals surface area contributed by atoms with Crippen molar-refractivity contribution < 1.29 is 19.4 Å². The third-order valence-electron chi connectivity index (χ3n) is 7.71. The van der Waals surface area contributed by atoms with Crippen LogP contribution in [0.2, 0.25) is 0 Å². The molecule has 2 aliphatic carbocycles. The number of thioether (sulfide) groups is 1. The number of aliphatic carboxylic acids is 1. The fourth-order valence-corrected chi connectivity index (χ4v) is 6.87. The maximum atomic E-state index is 13.5. The van der Waals surface area contributed by atoms with E-state index in [9.17, 15) is 9.59 Å². The SMILES string of the molecule is Nc1nc(SC2CCCCC2)nc2c1C(=O)N(c1ccc([C@H]3CC[C@H](CC(=O)O)CC3)cc1)CCO2. The molecule has 1 aromatic carbocycles. The third kappa shape index (κ3) is 5.61. The Labute approximate surface area is 216 Å². The van der Waals surface area contributed by atoms with E-state index in [1.165, 1.54) is 24.8 Å². The average molecular weight is 511 g/mol. The van der Waals surface area contributed by atoms with Gasteiger partial charge >= 0.3 is 5.97 Å². The molecule has 2 fully saturated rings. The minimum Gasteiger partial charge on any atom is -0.481 e. The molecule has 0 spiro atoms. The number of nitrogen functional groups attached to an aromatic ring is 1. The van der Waals surface area contributed by atoms with Gasteiger partial charge in [-0.15, -0.1) is 0 Å².